The lowest BCUT2D eigenvalue weighted by atomic mass is 10.2. The summed E-state index contributed by atoms with van der Waals surface area (Å²) in [5.74, 6) is 0.504. The van der Waals surface area contributed by atoms with Crippen LogP contribution >= 0.6 is 0 Å². The number of benzene rings is 1. The Hall–Kier alpha value is -1.61. The van der Waals surface area contributed by atoms with E-state index < -0.39 is 6.10 Å². The summed E-state index contributed by atoms with van der Waals surface area (Å²) in [6.07, 6.45) is -0.394. The molecule has 0 saturated carbocycles. The predicted molar refractivity (Wildman–Crippen MR) is 81.2 cm³/mol. The first-order valence-corrected chi connectivity index (χ1v) is 7.13. The molecule has 1 aromatic rings. The number of nitriles is 1. The van der Waals surface area contributed by atoms with Crippen LogP contribution in [0.1, 0.15) is 19.4 Å². The van der Waals surface area contributed by atoms with Gasteiger partial charge in [-0.1, -0.05) is 12.1 Å². The molecule has 1 unspecified atom stereocenters. The van der Waals surface area contributed by atoms with E-state index in [0.29, 0.717) is 24.5 Å². The standard InChI is InChI=1S/C16H24N2O3/c1-13(2)20-9-8-18(3)11-15(19)12-21-16-7-5-4-6-14(16)10-17/h4-7,13,15,19H,8-9,11-12H2,1-3H3. The summed E-state index contributed by atoms with van der Waals surface area (Å²) in [4.78, 5) is 1.99. The highest BCUT2D eigenvalue weighted by atomic mass is 16.5. The van der Waals surface area contributed by atoms with Crippen molar-refractivity contribution in [3.63, 3.8) is 0 Å². The predicted octanol–water partition coefficient (Wildman–Crippen LogP) is 1.65. The minimum Gasteiger partial charge on any atom is -0.489 e. The third-order valence-corrected chi connectivity index (χ3v) is 2.89. The van der Waals surface area contributed by atoms with Gasteiger partial charge in [0.2, 0.25) is 0 Å². The molecule has 5 nitrogen and oxygen atoms in total. The van der Waals surface area contributed by atoms with Gasteiger partial charge in [0.15, 0.2) is 0 Å². The van der Waals surface area contributed by atoms with Gasteiger partial charge >= 0.3 is 0 Å². The van der Waals surface area contributed by atoms with Gasteiger partial charge in [0.05, 0.1) is 18.3 Å². The number of likely N-dealkylation sites (N-methyl/N-ethyl adjacent to an activating group) is 1. The molecule has 1 aromatic carbocycles. The van der Waals surface area contributed by atoms with Crippen LogP contribution in [-0.2, 0) is 4.74 Å². The van der Waals surface area contributed by atoms with E-state index in [2.05, 4.69) is 6.07 Å². The molecule has 0 aliphatic carbocycles. The van der Waals surface area contributed by atoms with Crippen molar-refractivity contribution in [3.05, 3.63) is 29.8 Å². The van der Waals surface area contributed by atoms with Gasteiger partial charge in [0.25, 0.3) is 0 Å². The first-order valence-electron chi connectivity index (χ1n) is 7.13. The Kier molecular flexibility index (Phi) is 7.76. The second-order valence-corrected chi connectivity index (χ2v) is 5.25. The van der Waals surface area contributed by atoms with Crippen molar-refractivity contribution in [3.8, 4) is 11.8 Å². The molecule has 0 saturated heterocycles. The number of ether oxygens (including phenoxy) is 2. The fraction of sp³-hybridized carbons (Fsp3) is 0.562. The van der Waals surface area contributed by atoms with E-state index in [4.69, 9.17) is 14.7 Å². The van der Waals surface area contributed by atoms with Crippen molar-refractivity contribution < 1.29 is 14.6 Å². The summed E-state index contributed by atoms with van der Waals surface area (Å²) in [5, 5.41) is 18.9. The highest BCUT2D eigenvalue weighted by molar-refractivity contribution is 5.42. The van der Waals surface area contributed by atoms with Crippen LogP contribution in [0.3, 0.4) is 0 Å². The Balaban J connectivity index is 2.30. The van der Waals surface area contributed by atoms with Gasteiger partial charge < -0.3 is 19.5 Å². The topological polar surface area (TPSA) is 65.7 Å². The van der Waals surface area contributed by atoms with Crippen molar-refractivity contribution in [2.24, 2.45) is 0 Å². The largest absolute Gasteiger partial charge is 0.489 e. The minimum atomic E-state index is -0.610. The number of rotatable bonds is 9. The number of para-hydroxylation sites is 1. The van der Waals surface area contributed by atoms with Crippen LogP contribution in [0.25, 0.3) is 0 Å². The molecule has 0 aliphatic rings. The molecule has 0 aliphatic heterocycles. The fourth-order valence-corrected chi connectivity index (χ4v) is 1.82. The monoisotopic (exact) mass is 292 g/mol. The number of hydrogen-bond donors (Lipinski definition) is 1. The lowest BCUT2D eigenvalue weighted by Gasteiger charge is -2.21. The molecular formula is C16H24N2O3. The van der Waals surface area contributed by atoms with Gasteiger partial charge in [-0.2, -0.15) is 5.26 Å². The summed E-state index contributed by atoms with van der Waals surface area (Å²) in [6.45, 7) is 6.04. The first kappa shape index (κ1) is 17.4. The van der Waals surface area contributed by atoms with Crippen LogP contribution in [0.5, 0.6) is 5.75 Å². The van der Waals surface area contributed by atoms with Gasteiger partial charge in [0.1, 0.15) is 24.5 Å². The Bertz CT molecular complexity index is 457. The van der Waals surface area contributed by atoms with Crippen molar-refractivity contribution in [1.29, 1.82) is 5.26 Å². The number of aliphatic hydroxyl groups is 1. The Morgan fingerprint density at radius 2 is 2.05 bits per heavy atom. The second-order valence-electron chi connectivity index (χ2n) is 5.25. The SMILES string of the molecule is CC(C)OCCN(C)CC(O)COc1ccccc1C#N. The van der Waals surface area contributed by atoms with Crippen LogP contribution < -0.4 is 4.74 Å². The third kappa shape index (κ3) is 7.09. The summed E-state index contributed by atoms with van der Waals surface area (Å²) < 4.78 is 11.0. The van der Waals surface area contributed by atoms with Crippen molar-refractivity contribution in [2.75, 3.05) is 33.4 Å². The average Bonchev–Trinajstić information content (AvgIpc) is 2.45. The Morgan fingerprint density at radius 1 is 1.33 bits per heavy atom. The lowest BCUT2D eigenvalue weighted by Crippen LogP contribution is -2.35. The second kappa shape index (κ2) is 9.35. The highest BCUT2D eigenvalue weighted by Crippen LogP contribution is 2.16. The van der Waals surface area contributed by atoms with Gasteiger partial charge in [-0.15, -0.1) is 0 Å². The Labute approximate surface area is 126 Å². The van der Waals surface area contributed by atoms with E-state index in [0.717, 1.165) is 6.54 Å². The average molecular weight is 292 g/mol. The van der Waals surface area contributed by atoms with E-state index in [9.17, 15) is 5.11 Å². The maximum Gasteiger partial charge on any atom is 0.137 e. The molecule has 116 valence electrons. The zero-order chi connectivity index (χ0) is 15.7. The van der Waals surface area contributed by atoms with Crippen LogP contribution in [0.4, 0.5) is 0 Å². The molecular weight excluding hydrogens is 268 g/mol. The van der Waals surface area contributed by atoms with E-state index >= 15 is 0 Å². The first-order chi connectivity index (χ1) is 10.0. The van der Waals surface area contributed by atoms with Crippen LogP contribution in [-0.4, -0.2) is 55.6 Å². The maximum absolute atomic E-state index is 9.96. The molecule has 0 heterocycles. The van der Waals surface area contributed by atoms with Crippen molar-refractivity contribution >= 4 is 0 Å². The molecule has 0 amide bonds. The van der Waals surface area contributed by atoms with Crippen LogP contribution in [0, 0.1) is 11.3 Å². The third-order valence-electron chi connectivity index (χ3n) is 2.89. The van der Waals surface area contributed by atoms with Crippen LogP contribution in [0.2, 0.25) is 0 Å². The van der Waals surface area contributed by atoms with Gasteiger partial charge in [-0.25, -0.2) is 0 Å². The fourth-order valence-electron chi connectivity index (χ4n) is 1.82. The van der Waals surface area contributed by atoms with E-state index in [-0.39, 0.29) is 12.7 Å². The highest BCUT2D eigenvalue weighted by Gasteiger charge is 2.10. The molecule has 21 heavy (non-hydrogen) atoms. The van der Waals surface area contributed by atoms with Gasteiger partial charge in [-0.3, -0.25) is 0 Å². The normalized spacial score (nSPS) is 12.4. The molecule has 0 fully saturated rings. The number of nitrogens with zero attached hydrogens (tertiary/aromatic N) is 2. The number of hydrogen-bond acceptors (Lipinski definition) is 5. The maximum atomic E-state index is 9.96. The smallest absolute Gasteiger partial charge is 0.137 e. The molecule has 5 heteroatoms. The van der Waals surface area contributed by atoms with Gasteiger partial charge in [-0.05, 0) is 33.0 Å². The zero-order valence-corrected chi connectivity index (χ0v) is 13.0. The van der Waals surface area contributed by atoms with Crippen LogP contribution in [0.15, 0.2) is 24.3 Å². The summed E-state index contributed by atoms with van der Waals surface area (Å²) in [7, 11) is 1.93. The minimum absolute atomic E-state index is 0.161. The quantitative estimate of drug-likeness (QED) is 0.750. The van der Waals surface area contributed by atoms with Crippen molar-refractivity contribution in [2.45, 2.75) is 26.1 Å². The van der Waals surface area contributed by atoms with E-state index in [1.165, 1.54) is 0 Å². The summed E-state index contributed by atoms with van der Waals surface area (Å²) >= 11 is 0. The van der Waals surface area contributed by atoms with Crippen molar-refractivity contribution in [1.82, 2.24) is 4.90 Å². The molecule has 1 rings (SSSR count). The summed E-state index contributed by atoms with van der Waals surface area (Å²) in [6, 6.07) is 9.07. The molecule has 0 spiro atoms. The summed E-state index contributed by atoms with van der Waals surface area (Å²) in [5.41, 5.74) is 0.475. The zero-order valence-electron chi connectivity index (χ0n) is 13.0. The molecule has 1 N–H and O–H groups in total. The lowest BCUT2D eigenvalue weighted by molar-refractivity contribution is 0.0413. The molecule has 1 atom stereocenters. The molecule has 0 bridgehead atoms. The van der Waals surface area contributed by atoms with Gasteiger partial charge in [0, 0.05) is 13.1 Å². The molecule has 0 aromatic heterocycles. The molecule has 0 radical (unpaired) electrons. The number of aliphatic hydroxyl groups excluding tert-OH is 1. The Morgan fingerprint density at radius 3 is 2.71 bits per heavy atom. The van der Waals surface area contributed by atoms with E-state index in [1.807, 2.05) is 25.8 Å². The van der Waals surface area contributed by atoms with E-state index in [1.54, 1.807) is 24.3 Å².